The first kappa shape index (κ1) is 18.3. The Morgan fingerprint density at radius 3 is 2.61 bits per heavy atom. The molecule has 1 fully saturated rings. The van der Waals surface area contributed by atoms with Crippen LogP contribution in [0.5, 0.6) is 0 Å². The average molecular weight is 380 g/mol. The highest BCUT2D eigenvalue weighted by molar-refractivity contribution is 5.94. The molecule has 9 heteroatoms. The number of hydrogen-bond acceptors (Lipinski definition) is 6. The smallest absolute Gasteiger partial charge is 0.253 e. The lowest BCUT2D eigenvalue weighted by Gasteiger charge is -2.36. The van der Waals surface area contributed by atoms with Crippen molar-refractivity contribution in [2.75, 3.05) is 26.7 Å². The molecule has 0 N–H and O–H groups in total. The number of nitrogens with zero attached hydrogens (tertiary/aromatic N) is 8. The number of likely N-dealkylation sites (tertiary alicyclic amines) is 1. The zero-order valence-corrected chi connectivity index (χ0v) is 15.9. The number of carbonyl (C=O) groups is 1. The number of benzene rings is 1. The van der Waals surface area contributed by atoms with Crippen LogP contribution in [-0.2, 0) is 6.54 Å². The van der Waals surface area contributed by atoms with Gasteiger partial charge in [-0.25, -0.2) is 4.68 Å². The third-order valence-corrected chi connectivity index (χ3v) is 5.36. The Balaban J connectivity index is 1.29. The number of hydrogen-bond donors (Lipinski definition) is 0. The predicted molar refractivity (Wildman–Crippen MR) is 103 cm³/mol. The second kappa shape index (κ2) is 8.30. The minimum Gasteiger partial charge on any atom is -0.339 e. The average Bonchev–Trinajstić information content (AvgIpc) is 3.46. The molecule has 146 valence electrons. The molecule has 1 aliphatic heterocycles. The second-order valence-electron chi connectivity index (χ2n) is 7.06. The van der Waals surface area contributed by atoms with Gasteiger partial charge in [0.05, 0.1) is 12.2 Å². The van der Waals surface area contributed by atoms with Crippen molar-refractivity contribution >= 4 is 5.91 Å². The van der Waals surface area contributed by atoms with Gasteiger partial charge in [0.15, 0.2) is 0 Å². The van der Waals surface area contributed by atoms with Crippen LogP contribution in [0.25, 0.3) is 5.69 Å². The van der Waals surface area contributed by atoms with Crippen molar-refractivity contribution in [3.63, 3.8) is 0 Å². The largest absolute Gasteiger partial charge is 0.339 e. The molecule has 3 heterocycles. The van der Waals surface area contributed by atoms with Gasteiger partial charge in [0.2, 0.25) is 0 Å². The van der Waals surface area contributed by atoms with Gasteiger partial charge < -0.3 is 9.80 Å². The van der Waals surface area contributed by atoms with Crippen molar-refractivity contribution in [2.24, 2.45) is 0 Å². The van der Waals surface area contributed by atoms with Gasteiger partial charge in [0.1, 0.15) is 6.33 Å². The third kappa shape index (κ3) is 4.09. The predicted octanol–water partition coefficient (Wildman–Crippen LogP) is 1.10. The molecule has 9 nitrogen and oxygen atoms in total. The molecule has 4 rings (SSSR count). The van der Waals surface area contributed by atoms with Gasteiger partial charge in [0, 0.05) is 50.7 Å². The molecule has 3 aromatic rings. The molecule has 0 radical (unpaired) electrons. The number of rotatable bonds is 6. The highest BCUT2D eigenvalue weighted by Crippen LogP contribution is 2.18. The van der Waals surface area contributed by atoms with E-state index >= 15 is 0 Å². The molecule has 2 aromatic heterocycles. The summed E-state index contributed by atoms with van der Waals surface area (Å²) in [5.74, 6) is 0.0539. The van der Waals surface area contributed by atoms with Crippen LogP contribution in [0.1, 0.15) is 23.2 Å². The van der Waals surface area contributed by atoms with Crippen LogP contribution in [0.4, 0.5) is 0 Å². The van der Waals surface area contributed by atoms with Gasteiger partial charge in [-0.1, -0.05) is 0 Å². The second-order valence-corrected chi connectivity index (χ2v) is 7.06. The topological polar surface area (TPSA) is 85.0 Å². The summed E-state index contributed by atoms with van der Waals surface area (Å²) in [6.07, 6.45) is 7.31. The summed E-state index contributed by atoms with van der Waals surface area (Å²) >= 11 is 0. The van der Waals surface area contributed by atoms with Crippen molar-refractivity contribution in [2.45, 2.75) is 25.4 Å². The van der Waals surface area contributed by atoms with Gasteiger partial charge in [-0.3, -0.25) is 9.48 Å². The summed E-state index contributed by atoms with van der Waals surface area (Å²) in [4.78, 5) is 17.2. The summed E-state index contributed by atoms with van der Waals surface area (Å²) in [6.45, 7) is 3.90. The van der Waals surface area contributed by atoms with Crippen LogP contribution in [0.2, 0.25) is 0 Å². The number of aromatic nitrogens is 6. The zero-order chi connectivity index (χ0) is 19.3. The van der Waals surface area contributed by atoms with E-state index in [1.54, 1.807) is 4.68 Å². The van der Waals surface area contributed by atoms with Crippen molar-refractivity contribution in [1.29, 1.82) is 0 Å². The van der Waals surface area contributed by atoms with E-state index in [0.29, 0.717) is 5.56 Å². The molecule has 28 heavy (non-hydrogen) atoms. The van der Waals surface area contributed by atoms with Crippen LogP contribution >= 0.6 is 0 Å². The van der Waals surface area contributed by atoms with Gasteiger partial charge in [0.25, 0.3) is 5.91 Å². The van der Waals surface area contributed by atoms with Crippen molar-refractivity contribution in [3.05, 3.63) is 54.6 Å². The van der Waals surface area contributed by atoms with Crippen molar-refractivity contribution in [3.8, 4) is 5.69 Å². The van der Waals surface area contributed by atoms with Gasteiger partial charge >= 0.3 is 0 Å². The van der Waals surface area contributed by atoms with Crippen molar-refractivity contribution in [1.82, 2.24) is 39.8 Å². The van der Waals surface area contributed by atoms with E-state index in [1.165, 1.54) is 6.33 Å². The fraction of sp³-hybridized carbons (Fsp3) is 0.421. The summed E-state index contributed by atoms with van der Waals surface area (Å²) < 4.78 is 3.53. The van der Waals surface area contributed by atoms with Gasteiger partial charge in [-0.2, -0.15) is 5.10 Å². The summed E-state index contributed by atoms with van der Waals surface area (Å²) in [6, 6.07) is 9.59. The molecule has 0 spiro atoms. The number of carbonyl (C=O) groups excluding carboxylic acids is 1. The van der Waals surface area contributed by atoms with Crippen molar-refractivity contribution < 1.29 is 4.79 Å². The number of piperidine rings is 1. The summed E-state index contributed by atoms with van der Waals surface area (Å²) in [5, 5.41) is 15.4. The molecule has 0 unspecified atom stereocenters. The van der Waals surface area contributed by atoms with Gasteiger partial charge in [-0.15, -0.1) is 5.10 Å². The van der Waals surface area contributed by atoms with E-state index in [2.05, 4.69) is 25.5 Å². The first-order valence-electron chi connectivity index (χ1n) is 9.51. The molecular formula is C19H24N8O. The lowest BCUT2D eigenvalue weighted by molar-refractivity contribution is 0.0639. The van der Waals surface area contributed by atoms with Gasteiger partial charge in [-0.05, 0) is 53.6 Å². The molecule has 0 atom stereocenters. The molecule has 1 aliphatic rings. The van der Waals surface area contributed by atoms with E-state index in [9.17, 15) is 4.79 Å². The Bertz CT molecular complexity index is 867. The molecule has 1 saturated heterocycles. The van der Waals surface area contributed by atoms with Crippen LogP contribution in [0, 0.1) is 0 Å². The van der Waals surface area contributed by atoms with Crippen LogP contribution in [0.3, 0.4) is 0 Å². The molecule has 0 bridgehead atoms. The zero-order valence-electron chi connectivity index (χ0n) is 15.9. The van der Waals surface area contributed by atoms with E-state index in [0.717, 1.165) is 44.7 Å². The van der Waals surface area contributed by atoms with E-state index in [-0.39, 0.29) is 11.9 Å². The monoisotopic (exact) mass is 380 g/mol. The maximum absolute atomic E-state index is 12.9. The van der Waals surface area contributed by atoms with Crippen LogP contribution in [0.15, 0.2) is 49.1 Å². The Hall–Kier alpha value is -3.07. The maximum Gasteiger partial charge on any atom is 0.253 e. The standard InChI is InChI=1S/C19H24N8O/c1-24(17-7-11-25(12-8-17)13-14-26-10-2-9-21-26)19(28)16-3-5-18(6-4-16)27-15-20-22-23-27/h2-6,9-10,15,17H,7-8,11-14H2,1H3. The number of tetrazole rings is 1. The Morgan fingerprint density at radius 1 is 1.18 bits per heavy atom. The minimum atomic E-state index is 0.0539. The summed E-state index contributed by atoms with van der Waals surface area (Å²) in [5.41, 5.74) is 1.51. The molecular weight excluding hydrogens is 356 g/mol. The third-order valence-electron chi connectivity index (χ3n) is 5.36. The van der Waals surface area contributed by atoms with E-state index < -0.39 is 0 Å². The number of amides is 1. The lowest BCUT2D eigenvalue weighted by Crippen LogP contribution is -2.46. The first-order chi connectivity index (χ1) is 13.7. The molecule has 0 aliphatic carbocycles. The fourth-order valence-corrected chi connectivity index (χ4v) is 3.61. The minimum absolute atomic E-state index is 0.0539. The highest BCUT2D eigenvalue weighted by atomic mass is 16.2. The molecule has 1 amide bonds. The normalized spacial score (nSPS) is 15.6. The van der Waals surface area contributed by atoms with Crippen LogP contribution in [-0.4, -0.2) is 78.4 Å². The van der Waals surface area contributed by atoms with E-state index in [4.69, 9.17) is 0 Å². The molecule has 0 saturated carbocycles. The molecule has 1 aromatic carbocycles. The van der Waals surface area contributed by atoms with E-state index in [1.807, 2.05) is 59.4 Å². The first-order valence-corrected chi connectivity index (χ1v) is 9.51. The summed E-state index contributed by atoms with van der Waals surface area (Å²) in [7, 11) is 1.90. The quantitative estimate of drug-likeness (QED) is 0.637. The Labute approximate surface area is 163 Å². The lowest BCUT2D eigenvalue weighted by atomic mass is 10.0. The van der Waals surface area contributed by atoms with Crippen LogP contribution < -0.4 is 0 Å². The fourth-order valence-electron chi connectivity index (χ4n) is 3.61. The highest BCUT2D eigenvalue weighted by Gasteiger charge is 2.25. The Kier molecular flexibility index (Phi) is 5.43. The Morgan fingerprint density at radius 2 is 1.96 bits per heavy atom. The SMILES string of the molecule is CN(C(=O)c1ccc(-n2cnnn2)cc1)C1CCN(CCn2cccn2)CC1. The maximum atomic E-state index is 12.9.